The number of nitrogens with zero attached hydrogens (tertiary/aromatic N) is 1. The average molecular weight is 584 g/mol. The van der Waals surface area contributed by atoms with Crippen molar-refractivity contribution in [1.29, 1.82) is 0 Å². The predicted octanol–water partition coefficient (Wildman–Crippen LogP) is 4.34. The summed E-state index contributed by atoms with van der Waals surface area (Å²) in [6, 6.07) is 12.4. The van der Waals surface area contributed by atoms with Gasteiger partial charge in [0.1, 0.15) is 17.4 Å². The number of aromatic amines is 1. The number of nitrogen functional groups attached to an aromatic ring is 1. The summed E-state index contributed by atoms with van der Waals surface area (Å²) in [7, 11) is 1.53. The maximum Gasteiger partial charge on any atom is 0.257 e. The van der Waals surface area contributed by atoms with E-state index in [1.54, 1.807) is 50.3 Å². The second kappa shape index (κ2) is 12.1. The zero-order valence-electron chi connectivity index (χ0n) is 23.7. The minimum atomic E-state index is -0.443. The number of nitrogens with one attached hydrogen (secondary N) is 5. The molecular formula is C31H30FN7O4. The van der Waals surface area contributed by atoms with Crippen molar-refractivity contribution in [1.82, 2.24) is 15.3 Å². The fourth-order valence-electron chi connectivity index (χ4n) is 4.77. The smallest absolute Gasteiger partial charge is 0.257 e. The molecule has 11 nitrogen and oxygen atoms in total. The molecule has 0 spiro atoms. The summed E-state index contributed by atoms with van der Waals surface area (Å²) < 4.78 is 18.9. The molecule has 5 rings (SSSR count). The standard InChI is InChI=1S/C31H30FN7O4/c1-16-26(14-22-21-12-19(32)5-7-24(21)38-30(22)41)37-17(2)28(16)31(42)35-11-10-34-27-9-4-18(15-36-27)29(40)39-25-8-6-20(43-3)13-23(25)33/h4-9,12-15,37H,10-11,33H2,1-3H3,(H,34,36)(H,35,42)(H,38,41)(H,39,40)/b22-14-. The van der Waals surface area contributed by atoms with Crippen LogP contribution in [0.1, 0.15) is 43.2 Å². The van der Waals surface area contributed by atoms with Crippen molar-refractivity contribution < 1.29 is 23.5 Å². The van der Waals surface area contributed by atoms with E-state index in [-0.39, 0.29) is 17.7 Å². The highest BCUT2D eigenvalue weighted by molar-refractivity contribution is 6.35. The Morgan fingerprint density at radius 1 is 1.07 bits per heavy atom. The summed E-state index contributed by atoms with van der Waals surface area (Å²) >= 11 is 0. The molecule has 3 amide bonds. The van der Waals surface area contributed by atoms with Crippen molar-refractivity contribution >= 4 is 52.3 Å². The van der Waals surface area contributed by atoms with Crippen molar-refractivity contribution in [3.05, 3.63) is 94.2 Å². The van der Waals surface area contributed by atoms with E-state index < -0.39 is 5.82 Å². The van der Waals surface area contributed by atoms with Crippen LogP contribution in [-0.2, 0) is 4.79 Å². The summed E-state index contributed by atoms with van der Waals surface area (Å²) in [4.78, 5) is 45.5. The van der Waals surface area contributed by atoms with Gasteiger partial charge < -0.3 is 36.7 Å². The Labute approximate surface area is 246 Å². The first-order chi connectivity index (χ1) is 20.6. The lowest BCUT2D eigenvalue weighted by Gasteiger charge is -2.10. The number of H-pyrrole nitrogens is 1. The quantitative estimate of drug-likeness (QED) is 0.0969. The number of hydrogen-bond donors (Lipinski definition) is 6. The largest absolute Gasteiger partial charge is 0.497 e. The van der Waals surface area contributed by atoms with Gasteiger partial charge in [-0.3, -0.25) is 14.4 Å². The molecule has 7 N–H and O–H groups in total. The molecule has 12 heteroatoms. The molecule has 220 valence electrons. The number of aromatic nitrogens is 2. The van der Waals surface area contributed by atoms with Crippen LogP contribution < -0.4 is 31.7 Å². The molecule has 1 aliphatic rings. The first-order valence-electron chi connectivity index (χ1n) is 13.4. The molecule has 0 aliphatic carbocycles. The minimum absolute atomic E-state index is 0.280. The maximum absolute atomic E-state index is 13.8. The normalized spacial score (nSPS) is 12.9. The number of halogens is 1. The number of carbonyl (C=O) groups is 3. The van der Waals surface area contributed by atoms with Crippen LogP contribution in [0, 0.1) is 19.7 Å². The molecule has 0 saturated heterocycles. The van der Waals surface area contributed by atoms with Gasteiger partial charge in [0.25, 0.3) is 17.7 Å². The molecule has 2 aromatic carbocycles. The van der Waals surface area contributed by atoms with Crippen LogP contribution >= 0.6 is 0 Å². The van der Waals surface area contributed by atoms with E-state index in [9.17, 15) is 18.8 Å². The number of pyridine rings is 1. The minimum Gasteiger partial charge on any atom is -0.497 e. The fourth-order valence-corrected chi connectivity index (χ4v) is 4.77. The third-order valence-corrected chi connectivity index (χ3v) is 7.01. The van der Waals surface area contributed by atoms with Gasteiger partial charge >= 0.3 is 0 Å². The Balaban J connectivity index is 1.15. The Morgan fingerprint density at radius 3 is 2.60 bits per heavy atom. The van der Waals surface area contributed by atoms with E-state index in [1.165, 1.54) is 31.5 Å². The third-order valence-electron chi connectivity index (χ3n) is 7.01. The van der Waals surface area contributed by atoms with Gasteiger partial charge in [0, 0.05) is 48.0 Å². The predicted molar refractivity (Wildman–Crippen MR) is 164 cm³/mol. The Hall–Kier alpha value is -5.65. The third kappa shape index (κ3) is 6.17. The molecule has 2 aromatic heterocycles. The molecular weight excluding hydrogens is 553 g/mol. The van der Waals surface area contributed by atoms with Crippen LogP contribution in [0.5, 0.6) is 5.75 Å². The summed E-state index contributed by atoms with van der Waals surface area (Å²) in [5, 5.41) is 11.5. The molecule has 0 radical (unpaired) electrons. The highest BCUT2D eigenvalue weighted by Crippen LogP contribution is 2.34. The van der Waals surface area contributed by atoms with Crippen LogP contribution in [0.3, 0.4) is 0 Å². The van der Waals surface area contributed by atoms with Crippen LogP contribution in [0.25, 0.3) is 11.6 Å². The molecule has 4 aromatic rings. The fraction of sp³-hybridized carbons (Fsp3) is 0.161. The number of rotatable bonds is 9. The van der Waals surface area contributed by atoms with Gasteiger partial charge in [-0.2, -0.15) is 0 Å². The first-order valence-corrected chi connectivity index (χ1v) is 13.4. The van der Waals surface area contributed by atoms with Crippen LogP contribution in [-0.4, -0.2) is 47.9 Å². The van der Waals surface area contributed by atoms with E-state index in [0.29, 0.717) is 80.9 Å². The highest BCUT2D eigenvalue weighted by atomic mass is 19.1. The lowest BCUT2D eigenvalue weighted by atomic mass is 10.0. The van der Waals surface area contributed by atoms with Crippen LogP contribution in [0.2, 0.25) is 0 Å². The zero-order valence-corrected chi connectivity index (χ0v) is 23.7. The Kier molecular flexibility index (Phi) is 8.10. The van der Waals surface area contributed by atoms with Crippen molar-refractivity contribution in [2.45, 2.75) is 13.8 Å². The number of hydrogen-bond acceptors (Lipinski definition) is 7. The molecule has 0 unspecified atom stereocenters. The highest BCUT2D eigenvalue weighted by Gasteiger charge is 2.26. The summed E-state index contributed by atoms with van der Waals surface area (Å²) in [5.41, 5.74) is 10.8. The second-order valence-corrected chi connectivity index (χ2v) is 9.89. The van der Waals surface area contributed by atoms with Gasteiger partial charge in [0.15, 0.2) is 0 Å². The van der Waals surface area contributed by atoms with Gasteiger partial charge in [-0.05, 0) is 68.0 Å². The summed E-state index contributed by atoms with van der Waals surface area (Å²) in [6.45, 7) is 4.24. The maximum atomic E-state index is 13.8. The average Bonchev–Trinajstić information content (AvgIpc) is 3.45. The number of nitrogens with two attached hydrogens (primary N) is 1. The molecule has 0 fully saturated rings. The first kappa shape index (κ1) is 28.9. The number of fused-ring (bicyclic) bond motifs is 1. The number of aryl methyl sites for hydroxylation is 1. The molecule has 43 heavy (non-hydrogen) atoms. The number of carbonyl (C=O) groups excluding carboxylic acids is 3. The lowest BCUT2D eigenvalue weighted by molar-refractivity contribution is -0.110. The van der Waals surface area contributed by atoms with Crippen LogP contribution in [0.4, 0.5) is 27.3 Å². The lowest BCUT2D eigenvalue weighted by Crippen LogP contribution is -2.29. The number of ether oxygens (including phenoxy) is 1. The number of methoxy groups -OCH3 is 1. The van der Waals surface area contributed by atoms with Crippen LogP contribution in [0.15, 0.2) is 54.7 Å². The van der Waals surface area contributed by atoms with E-state index in [2.05, 4.69) is 31.2 Å². The topological polar surface area (TPSA) is 163 Å². The summed E-state index contributed by atoms with van der Waals surface area (Å²) in [6.07, 6.45) is 3.07. The molecule has 1 aliphatic heterocycles. The van der Waals surface area contributed by atoms with Crippen molar-refractivity contribution in [2.75, 3.05) is 41.9 Å². The van der Waals surface area contributed by atoms with E-state index in [4.69, 9.17) is 10.5 Å². The second-order valence-electron chi connectivity index (χ2n) is 9.89. The van der Waals surface area contributed by atoms with Gasteiger partial charge in [0.2, 0.25) is 0 Å². The summed E-state index contributed by atoms with van der Waals surface area (Å²) in [5.74, 6) is -0.304. The van der Waals surface area contributed by atoms with E-state index in [0.717, 1.165) is 0 Å². The van der Waals surface area contributed by atoms with E-state index in [1.807, 2.05) is 0 Å². The van der Waals surface area contributed by atoms with Gasteiger partial charge in [-0.1, -0.05) is 0 Å². The monoisotopic (exact) mass is 583 g/mol. The SMILES string of the molecule is COc1ccc(NC(=O)c2ccc(NCCNC(=O)c3c(C)[nH]c(/C=C4\C(=O)Nc5ccc(F)cc54)c3C)nc2)c(N)c1. The zero-order chi connectivity index (χ0) is 30.7. The Bertz CT molecular complexity index is 1760. The number of benzene rings is 2. The van der Waals surface area contributed by atoms with Crippen molar-refractivity contribution in [2.24, 2.45) is 0 Å². The van der Waals surface area contributed by atoms with Crippen molar-refractivity contribution in [3.8, 4) is 5.75 Å². The van der Waals surface area contributed by atoms with Gasteiger partial charge in [0.05, 0.1) is 35.2 Å². The van der Waals surface area contributed by atoms with Crippen molar-refractivity contribution in [3.63, 3.8) is 0 Å². The molecule has 3 heterocycles. The molecule has 0 saturated carbocycles. The van der Waals surface area contributed by atoms with Gasteiger partial charge in [-0.25, -0.2) is 9.37 Å². The number of anilines is 4. The van der Waals surface area contributed by atoms with E-state index >= 15 is 0 Å². The molecule has 0 bridgehead atoms. The molecule has 0 atom stereocenters. The number of amides is 3. The Morgan fingerprint density at radius 2 is 1.88 bits per heavy atom. The van der Waals surface area contributed by atoms with Gasteiger partial charge in [-0.15, -0.1) is 0 Å².